The Balaban J connectivity index is 0.00000484. The van der Waals surface area contributed by atoms with Crippen LogP contribution < -0.4 is 10.6 Å². The number of hydrogen-bond acceptors (Lipinski definition) is 8. The number of nitrogens with zero attached hydrogens (tertiary/aromatic N) is 5. The lowest BCUT2D eigenvalue weighted by Crippen LogP contribution is -2.49. The van der Waals surface area contributed by atoms with Gasteiger partial charge in [0.15, 0.2) is 5.82 Å². The predicted octanol–water partition coefficient (Wildman–Crippen LogP) is 4.22. The van der Waals surface area contributed by atoms with Crippen molar-refractivity contribution in [2.45, 2.75) is 38.9 Å². The van der Waals surface area contributed by atoms with Crippen molar-refractivity contribution in [3.05, 3.63) is 87.1 Å². The van der Waals surface area contributed by atoms with Crippen molar-refractivity contribution in [1.29, 1.82) is 0 Å². The largest absolute Gasteiger partial charge is 0.448 e. The molecule has 3 amide bonds. The lowest BCUT2D eigenvalue weighted by molar-refractivity contribution is -0.384. The minimum atomic E-state index is -1.01. The first-order chi connectivity index (χ1) is 19.4. The number of urea groups is 1. The molecule has 0 fully saturated rings. The third-order valence-corrected chi connectivity index (χ3v) is 6.86. The Bertz CT molecular complexity index is 1460. The normalized spacial score (nSPS) is 14.0. The summed E-state index contributed by atoms with van der Waals surface area (Å²) in [6.07, 6.45) is -0.746. The van der Waals surface area contributed by atoms with Gasteiger partial charge < -0.3 is 25.2 Å². The first-order valence-corrected chi connectivity index (χ1v) is 13.1. The summed E-state index contributed by atoms with van der Waals surface area (Å²) < 4.78 is 6.28. The number of rotatable bonds is 8. The van der Waals surface area contributed by atoms with Gasteiger partial charge in [-0.2, -0.15) is 18.2 Å². The van der Waals surface area contributed by atoms with Gasteiger partial charge in [0.25, 0.3) is 11.6 Å². The Morgan fingerprint density at radius 2 is 1.76 bits per heavy atom. The standard InChI is InChI=1S/C28H33N7O6.H2S/c1-6-41-27(38)34-23-21(24(31-34)30-25(36)19-12-14-20(15-13-19)35(39)40)16-33(28(23,2)3)26(37)29-22(17-32(4)5)18-10-8-7-9-11-18;/h7-15,22H,6,16-17H2,1-5H3,(H,29,37)(H,30,31,36);1H2/t22-;/m1./s1. The van der Waals surface area contributed by atoms with Crippen LogP contribution in [0.2, 0.25) is 0 Å². The zero-order valence-electron chi connectivity index (χ0n) is 24.1. The summed E-state index contributed by atoms with van der Waals surface area (Å²) in [6.45, 7) is 5.98. The van der Waals surface area contributed by atoms with Gasteiger partial charge in [0.05, 0.1) is 35.3 Å². The fourth-order valence-corrected chi connectivity index (χ4v) is 4.88. The van der Waals surface area contributed by atoms with Gasteiger partial charge >= 0.3 is 12.1 Å². The number of benzene rings is 2. The lowest BCUT2D eigenvalue weighted by Gasteiger charge is -2.34. The van der Waals surface area contributed by atoms with E-state index in [1.165, 1.54) is 24.3 Å². The van der Waals surface area contributed by atoms with E-state index >= 15 is 0 Å². The summed E-state index contributed by atoms with van der Waals surface area (Å²) in [5, 5.41) is 21.1. The fraction of sp³-hybridized carbons (Fsp3) is 0.357. The smallest absolute Gasteiger partial charge is 0.435 e. The number of hydrogen-bond donors (Lipinski definition) is 2. The zero-order chi connectivity index (χ0) is 29.9. The van der Waals surface area contributed by atoms with Crippen LogP contribution in [-0.4, -0.2) is 69.8 Å². The van der Waals surface area contributed by atoms with E-state index in [0.717, 1.165) is 10.2 Å². The van der Waals surface area contributed by atoms with E-state index in [2.05, 4.69) is 15.7 Å². The van der Waals surface area contributed by atoms with Crippen molar-refractivity contribution >= 4 is 43.0 Å². The number of aromatic nitrogens is 2. The molecule has 42 heavy (non-hydrogen) atoms. The molecule has 0 unspecified atom stereocenters. The van der Waals surface area contributed by atoms with Gasteiger partial charge in [0, 0.05) is 29.8 Å². The summed E-state index contributed by atoms with van der Waals surface area (Å²) in [7, 11) is 3.84. The molecule has 0 saturated carbocycles. The van der Waals surface area contributed by atoms with Crippen molar-refractivity contribution in [3.63, 3.8) is 0 Å². The second kappa shape index (κ2) is 13.0. The quantitative estimate of drug-likeness (QED) is 0.289. The van der Waals surface area contributed by atoms with Crippen LogP contribution in [0.5, 0.6) is 0 Å². The summed E-state index contributed by atoms with van der Waals surface area (Å²) in [5.41, 5.74) is 0.843. The molecule has 0 spiro atoms. The van der Waals surface area contributed by atoms with Crippen LogP contribution in [-0.2, 0) is 16.8 Å². The van der Waals surface area contributed by atoms with Gasteiger partial charge in [-0.25, -0.2) is 9.59 Å². The highest BCUT2D eigenvalue weighted by molar-refractivity contribution is 7.59. The van der Waals surface area contributed by atoms with E-state index in [-0.39, 0.29) is 55.8 Å². The Hall–Kier alpha value is -4.43. The topological polar surface area (TPSA) is 152 Å². The van der Waals surface area contributed by atoms with Crippen LogP contribution in [0.1, 0.15) is 54.0 Å². The third-order valence-electron chi connectivity index (χ3n) is 6.86. The highest BCUT2D eigenvalue weighted by atomic mass is 32.1. The molecule has 2 aromatic carbocycles. The lowest BCUT2D eigenvalue weighted by atomic mass is 10.0. The van der Waals surface area contributed by atoms with Gasteiger partial charge in [-0.3, -0.25) is 14.9 Å². The highest BCUT2D eigenvalue weighted by Crippen LogP contribution is 2.42. The van der Waals surface area contributed by atoms with Crippen LogP contribution >= 0.6 is 13.5 Å². The molecule has 3 aromatic rings. The molecule has 0 bridgehead atoms. The van der Waals surface area contributed by atoms with Crippen LogP contribution in [0, 0.1) is 10.1 Å². The Morgan fingerprint density at radius 3 is 2.33 bits per heavy atom. The van der Waals surface area contributed by atoms with Crippen LogP contribution in [0.3, 0.4) is 0 Å². The number of fused-ring (bicyclic) bond motifs is 1. The molecule has 224 valence electrons. The van der Waals surface area contributed by atoms with E-state index in [4.69, 9.17) is 4.74 Å². The maximum atomic E-state index is 13.7. The second-order valence-electron chi connectivity index (χ2n) is 10.4. The number of nitro groups is 1. The molecule has 1 atom stereocenters. The molecule has 2 heterocycles. The molecule has 0 aliphatic carbocycles. The van der Waals surface area contributed by atoms with Gasteiger partial charge in [-0.05, 0) is 52.6 Å². The minimum absolute atomic E-state index is 0. The van der Waals surface area contributed by atoms with Crippen LogP contribution in [0.15, 0.2) is 54.6 Å². The molecule has 0 saturated heterocycles. The molecule has 1 aliphatic rings. The Kier molecular flexibility index (Phi) is 9.96. The van der Waals surface area contributed by atoms with Crippen molar-refractivity contribution in [1.82, 2.24) is 24.9 Å². The number of carbonyl (C=O) groups excluding carboxylic acids is 3. The van der Waals surface area contributed by atoms with E-state index in [1.54, 1.807) is 25.7 Å². The van der Waals surface area contributed by atoms with E-state index < -0.39 is 22.5 Å². The number of nitrogens with one attached hydrogen (secondary N) is 2. The average Bonchev–Trinajstić information content (AvgIpc) is 3.43. The number of nitro benzene ring substituents is 1. The van der Waals surface area contributed by atoms with Gasteiger partial charge in [0.1, 0.15) is 0 Å². The van der Waals surface area contributed by atoms with Crippen molar-refractivity contribution in [2.75, 3.05) is 32.6 Å². The maximum absolute atomic E-state index is 13.7. The number of non-ortho nitro benzene ring substituents is 1. The molecule has 2 N–H and O–H groups in total. The summed E-state index contributed by atoms with van der Waals surface area (Å²) in [6, 6.07) is 14.1. The molecule has 0 radical (unpaired) electrons. The highest BCUT2D eigenvalue weighted by Gasteiger charge is 2.47. The number of ether oxygens (including phenoxy) is 1. The monoisotopic (exact) mass is 597 g/mol. The summed E-state index contributed by atoms with van der Waals surface area (Å²) >= 11 is 0. The first-order valence-electron chi connectivity index (χ1n) is 13.1. The van der Waals surface area contributed by atoms with Crippen LogP contribution in [0.4, 0.5) is 21.1 Å². The molecular formula is C28H35N7O6S. The minimum Gasteiger partial charge on any atom is -0.448 e. The fourth-order valence-electron chi connectivity index (χ4n) is 4.88. The van der Waals surface area contributed by atoms with Crippen molar-refractivity contribution in [3.8, 4) is 0 Å². The molecule has 4 rings (SSSR count). The summed E-state index contributed by atoms with van der Waals surface area (Å²) in [4.78, 5) is 53.7. The first kappa shape index (κ1) is 32.1. The molecule has 13 nitrogen and oxygen atoms in total. The maximum Gasteiger partial charge on any atom is 0.435 e. The third kappa shape index (κ3) is 6.55. The number of carbonyl (C=O) groups is 3. The van der Waals surface area contributed by atoms with Crippen molar-refractivity contribution < 1.29 is 24.0 Å². The average molecular weight is 598 g/mol. The predicted molar refractivity (Wildman–Crippen MR) is 161 cm³/mol. The Labute approximate surface area is 250 Å². The van der Waals surface area contributed by atoms with Crippen LogP contribution in [0.25, 0.3) is 0 Å². The van der Waals surface area contributed by atoms with Gasteiger partial charge in [0.2, 0.25) is 0 Å². The molecular weight excluding hydrogens is 562 g/mol. The van der Waals surface area contributed by atoms with Crippen molar-refractivity contribution in [2.24, 2.45) is 0 Å². The number of likely N-dealkylation sites (N-methyl/N-ethyl adjacent to an activating group) is 1. The van der Waals surface area contributed by atoms with Gasteiger partial charge in [-0.1, -0.05) is 30.3 Å². The Morgan fingerprint density at radius 1 is 1.12 bits per heavy atom. The molecule has 14 heteroatoms. The summed E-state index contributed by atoms with van der Waals surface area (Å²) in [5.74, 6) is -0.486. The molecule has 1 aliphatic heterocycles. The van der Waals surface area contributed by atoms with E-state index in [1.807, 2.05) is 49.3 Å². The number of amides is 3. The zero-order valence-corrected chi connectivity index (χ0v) is 25.1. The number of anilines is 1. The second-order valence-corrected chi connectivity index (χ2v) is 10.4. The SMILES string of the molecule is CCOC(=O)n1nc(NC(=O)c2ccc([N+](=O)[O-])cc2)c2c1C(C)(C)N(C(=O)N[C@H](CN(C)C)c1ccccc1)C2.S. The van der Waals surface area contributed by atoms with Gasteiger partial charge in [-0.15, -0.1) is 5.10 Å². The van der Waals surface area contributed by atoms with E-state index in [0.29, 0.717) is 17.8 Å². The van der Waals surface area contributed by atoms with E-state index in [9.17, 15) is 24.5 Å². The molecule has 1 aromatic heterocycles.